The fraction of sp³-hybridized carbons (Fsp3) is 0.833. The van der Waals surface area contributed by atoms with Crippen LogP contribution < -0.4 is 0 Å². The van der Waals surface area contributed by atoms with E-state index in [0.29, 0.717) is 12.8 Å². The first-order chi connectivity index (χ1) is 13.5. The zero-order valence-electron chi connectivity index (χ0n) is 18.3. The molecule has 0 radical (unpaired) electrons. The van der Waals surface area contributed by atoms with Crippen LogP contribution in [0.25, 0.3) is 0 Å². The molecule has 1 aliphatic rings. The van der Waals surface area contributed by atoms with Crippen molar-refractivity contribution in [2.45, 2.75) is 110 Å². The summed E-state index contributed by atoms with van der Waals surface area (Å²) in [5.41, 5.74) is 0. The second-order valence-electron chi connectivity index (χ2n) is 8.76. The van der Waals surface area contributed by atoms with Crippen molar-refractivity contribution >= 4 is 11.9 Å². The summed E-state index contributed by atoms with van der Waals surface area (Å²) in [6.07, 6.45) is 17.8. The predicted molar refractivity (Wildman–Crippen MR) is 114 cm³/mol. The maximum atomic E-state index is 12.5. The number of rotatable bonds is 15. The van der Waals surface area contributed by atoms with Crippen LogP contribution in [-0.4, -0.2) is 23.1 Å². The van der Waals surface area contributed by atoms with Gasteiger partial charge in [0.25, 0.3) is 0 Å². The van der Waals surface area contributed by atoms with Crippen molar-refractivity contribution < 1.29 is 19.4 Å². The van der Waals surface area contributed by atoms with E-state index in [9.17, 15) is 14.7 Å². The molecule has 0 fully saturated rings. The largest absolute Gasteiger partial charge is 0.481 e. The van der Waals surface area contributed by atoms with Crippen molar-refractivity contribution in [1.29, 1.82) is 0 Å². The van der Waals surface area contributed by atoms with E-state index >= 15 is 0 Å². The lowest BCUT2D eigenvalue weighted by atomic mass is 9.83. The number of esters is 1. The average Bonchev–Trinajstić information content (AvgIpc) is 2.67. The fourth-order valence-corrected chi connectivity index (χ4v) is 3.93. The van der Waals surface area contributed by atoms with E-state index in [1.807, 2.05) is 19.1 Å². The van der Waals surface area contributed by atoms with Crippen LogP contribution in [0.3, 0.4) is 0 Å². The number of aliphatic carboxylic acids is 1. The Kier molecular flexibility index (Phi) is 12.9. The lowest BCUT2D eigenvalue weighted by molar-refractivity contribution is -0.162. The molecule has 0 aromatic carbocycles. The number of carbonyl (C=O) groups excluding carboxylic acids is 1. The summed E-state index contributed by atoms with van der Waals surface area (Å²) in [4.78, 5) is 23.8. The smallest absolute Gasteiger partial charge is 0.310 e. The molecule has 0 aromatic rings. The van der Waals surface area contributed by atoms with Gasteiger partial charge in [-0.05, 0) is 38.0 Å². The van der Waals surface area contributed by atoms with E-state index in [4.69, 9.17) is 4.74 Å². The summed E-state index contributed by atoms with van der Waals surface area (Å²) in [5.74, 6) is -1.58. The van der Waals surface area contributed by atoms with Gasteiger partial charge in [0, 0.05) is 0 Å². The standard InChI is InChI=1S/C24H42O4/c1-4-20(16-12-10-8-6-5-7-9-11-15-19(2)3)28-24(27)22-18-14-13-17-21(22)23(25)26/h13-14,19-22H,4-12,15-18H2,1-3H3,(H,25,26). The highest BCUT2D eigenvalue weighted by atomic mass is 16.5. The molecule has 1 N–H and O–H groups in total. The number of hydrogen-bond acceptors (Lipinski definition) is 3. The minimum absolute atomic E-state index is 0.0797. The summed E-state index contributed by atoms with van der Waals surface area (Å²) >= 11 is 0. The van der Waals surface area contributed by atoms with E-state index in [1.54, 1.807) is 0 Å². The third kappa shape index (κ3) is 10.3. The topological polar surface area (TPSA) is 63.6 Å². The van der Waals surface area contributed by atoms with Crippen LogP contribution in [-0.2, 0) is 14.3 Å². The van der Waals surface area contributed by atoms with Crippen LogP contribution in [0.15, 0.2) is 12.2 Å². The van der Waals surface area contributed by atoms with Crippen molar-refractivity contribution in [3.63, 3.8) is 0 Å². The Bertz CT molecular complexity index is 469. The molecular weight excluding hydrogens is 352 g/mol. The number of allylic oxidation sites excluding steroid dienone is 2. The molecule has 0 bridgehead atoms. The van der Waals surface area contributed by atoms with Gasteiger partial charge in [-0.2, -0.15) is 0 Å². The molecule has 4 nitrogen and oxygen atoms in total. The Morgan fingerprint density at radius 2 is 1.39 bits per heavy atom. The van der Waals surface area contributed by atoms with Gasteiger partial charge in [0.15, 0.2) is 0 Å². The maximum absolute atomic E-state index is 12.5. The zero-order valence-corrected chi connectivity index (χ0v) is 18.3. The highest BCUT2D eigenvalue weighted by molar-refractivity contribution is 5.81. The van der Waals surface area contributed by atoms with Crippen molar-refractivity contribution in [2.24, 2.45) is 17.8 Å². The number of carboxylic acids is 1. The molecule has 0 heterocycles. The molecule has 0 aromatic heterocycles. The Morgan fingerprint density at radius 1 is 0.893 bits per heavy atom. The lowest BCUT2D eigenvalue weighted by Gasteiger charge is -2.26. The summed E-state index contributed by atoms with van der Waals surface area (Å²) in [5, 5.41) is 9.32. The van der Waals surface area contributed by atoms with Crippen LogP contribution in [0.1, 0.15) is 104 Å². The van der Waals surface area contributed by atoms with Crippen LogP contribution >= 0.6 is 0 Å². The monoisotopic (exact) mass is 394 g/mol. The van der Waals surface area contributed by atoms with Crippen molar-refractivity contribution in [2.75, 3.05) is 0 Å². The van der Waals surface area contributed by atoms with Gasteiger partial charge < -0.3 is 9.84 Å². The minimum Gasteiger partial charge on any atom is -0.481 e. The van der Waals surface area contributed by atoms with Crippen molar-refractivity contribution in [3.8, 4) is 0 Å². The quantitative estimate of drug-likeness (QED) is 0.195. The van der Waals surface area contributed by atoms with E-state index in [-0.39, 0.29) is 12.1 Å². The molecule has 0 spiro atoms. The van der Waals surface area contributed by atoms with Gasteiger partial charge in [-0.3, -0.25) is 9.59 Å². The lowest BCUT2D eigenvalue weighted by Crippen LogP contribution is -2.34. The molecule has 28 heavy (non-hydrogen) atoms. The summed E-state index contributed by atoms with van der Waals surface area (Å²) in [6, 6.07) is 0. The molecule has 0 saturated heterocycles. The van der Waals surface area contributed by atoms with E-state index in [1.165, 1.54) is 51.4 Å². The van der Waals surface area contributed by atoms with Crippen LogP contribution in [0.2, 0.25) is 0 Å². The SMILES string of the molecule is CCC(CCCCCCCCCCC(C)C)OC(=O)C1CC=CCC1C(=O)O. The van der Waals surface area contributed by atoms with Gasteiger partial charge in [-0.15, -0.1) is 0 Å². The molecule has 162 valence electrons. The molecule has 0 aliphatic heterocycles. The highest BCUT2D eigenvalue weighted by Crippen LogP contribution is 2.28. The highest BCUT2D eigenvalue weighted by Gasteiger charge is 2.35. The molecule has 1 rings (SSSR count). The van der Waals surface area contributed by atoms with Gasteiger partial charge in [0.1, 0.15) is 6.10 Å². The molecule has 0 saturated carbocycles. The second-order valence-corrected chi connectivity index (χ2v) is 8.76. The minimum atomic E-state index is -0.899. The predicted octanol–water partition coefficient (Wildman–Crippen LogP) is 6.53. The Labute approximate surface area is 172 Å². The Morgan fingerprint density at radius 3 is 1.89 bits per heavy atom. The molecular formula is C24H42O4. The normalized spacial score (nSPS) is 20.3. The van der Waals surface area contributed by atoms with Gasteiger partial charge >= 0.3 is 11.9 Å². The van der Waals surface area contributed by atoms with Crippen LogP contribution in [0.4, 0.5) is 0 Å². The maximum Gasteiger partial charge on any atom is 0.310 e. The van der Waals surface area contributed by atoms with Gasteiger partial charge in [-0.25, -0.2) is 0 Å². The van der Waals surface area contributed by atoms with Crippen LogP contribution in [0.5, 0.6) is 0 Å². The van der Waals surface area contributed by atoms with Crippen molar-refractivity contribution in [1.82, 2.24) is 0 Å². The molecule has 1 aliphatic carbocycles. The second kappa shape index (κ2) is 14.6. The number of carbonyl (C=O) groups is 2. The third-order valence-electron chi connectivity index (χ3n) is 5.85. The first-order valence-electron chi connectivity index (χ1n) is 11.5. The van der Waals surface area contributed by atoms with Crippen LogP contribution in [0, 0.1) is 17.8 Å². The Balaban J connectivity index is 2.15. The molecule has 3 atom stereocenters. The van der Waals surface area contributed by atoms with E-state index < -0.39 is 17.8 Å². The van der Waals surface area contributed by atoms with Gasteiger partial charge in [0.2, 0.25) is 0 Å². The first kappa shape index (κ1) is 24.7. The average molecular weight is 395 g/mol. The van der Waals surface area contributed by atoms with Crippen molar-refractivity contribution in [3.05, 3.63) is 12.2 Å². The Hall–Kier alpha value is -1.32. The van der Waals surface area contributed by atoms with E-state index in [2.05, 4.69) is 13.8 Å². The first-order valence-corrected chi connectivity index (χ1v) is 11.5. The number of unbranched alkanes of at least 4 members (excludes halogenated alkanes) is 7. The summed E-state index contributed by atoms with van der Waals surface area (Å²) < 4.78 is 5.67. The van der Waals surface area contributed by atoms with E-state index in [0.717, 1.165) is 25.2 Å². The number of hydrogen-bond donors (Lipinski definition) is 1. The third-order valence-corrected chi connectivity index (χ3v) is 5.85. The zero-order chi connectivity index (χ0) is 20.8. The molecule has 3 unspecified atom stereocenters. The fourth-order valence-electron chi connectivity index (χ4n) is 3.93. The van der Waals surface area contributed by atoms with Gasteiger partial charge in [0.05, 0.1) is 11.8 Å². The van der Waals surface area contributed by atoms with Gasteiger partial charge in [-0.1, -0.05) is 84.3 Å². The summed E-state index contributed by atoms with van der Waals surface area (Å²) in [6.45, 7) is 6.61. The molecule has 0 amide bonds. The summed E-state index contributed by atoms with van der Waals surface area (Å²) in [7, 11) is 0. The number of carboxylic acid groups (broad SMARTS) is 1. The number of ether oxygens (including phenoxy) is 1. The molecule has 4 heteroatoms.